The topological polar surface area (TPSA) is 50.4 Å². The van der Waals surface area contributed by atoms with Gasteiger partial charge < -0.3 is 15.4 Å². The molecule has 2 N–H and O–H groups in total. The summed E-state index contributed by atoms with van der Waals surface area (Å²) in [6.07, 6.45) is 4.50. The van der Waals surface area contributed by atoms with Crippen LogP contribution in [0.1, 0.15) is 46.5 Å². The van der Waals surface area contributed by atoms with Crippen molar-refractivity contribution in [3.8, 4) is 0 Å². The number of ether oxygens (including phenoxy) is 1. The van der Waals surface area contributed by atoms with Crippen molar-refractivity contribution in [1.82, 2.24) is 10.6 Å². The Morgan fingerprint density at radius 3 is 2.59 bits per heavy atom. The average molecular weight is 240 g/mol. The van der Waals surface area contributed by atoms with Crippen LogP contribution in [-0.2, 0) is 4.74 Å². The second-order valence-electron chi connectivity index (χ2n) is 6.21. The Morgan fingerprint density at radius 1 is 1.29 bits per heavy atom. The second-order valence-corrected chi connectivity index (χ2v) is 6.21. The van der Waals surface area contributed by atoms with Crippen LogP contribution >= 0.6 is 0 Å². The van der Waals surface area contributed by atoms with Crippen LogP contribution in [0, 0.1) is 5.92 Å². The highest BCUT2D eigenvalue weighted by molar-refractivity contribution is 5.68. The van der Waals surface area contributed by atoms with Gasteiger partial charge >= 0.3 is 6.09 Å². The molecule has 98 valence electrons. The van der Waals surface area contributed by atoms with E-state index in [4.69, 9.17) is 4.74 Å². The van der Waals surface area contributed by atoms with Crippen LogP contribution in [0.15, 0.2) is 0 Å². The van der Waals surface area contributed by atoms with Crippen molar-refractivity contribution in [2.24, 2.45) is 5.92 Å². The minimum atomic E-state index is -0.415. The lowest BCUT2D eigenvalue weighted by Gasteiger charge is -2.34. The summed E-state index contributed by atoms with van der Waals surface area (Å²) in [4.78, 5) is 11.8. The lowest BCUT2D eigenvalue weighted by Crippen LogP contribution is -2.55. The Morgan fingerprint density at radius 2 is 2.00 bits per heavy atom. The van der Waals surface area contributed by atoms with Gasteiger partial charge in [-0.15, -0.1) is 0 Å². The molecule has 2 atom stereocenters. The number of carbonyl (C=O) groups excluding carboxylic acids is 1. The summed E-state index contributed by atoms with van der Waals surface area (Å²) >= 11 is 0. The standard InChI is InChI=1S/C13H24N2O2/c1-13(2,3)17-12(16)15-10-5-4-8-14-11(10)9-6-7-9/h9-11,14H,4-8H2,1-3H3,(H,15,16)/t10-,11+/m1/s1. The predicted octanol–water partition coefficient (Wildman–Crippen LogP) is 2.04. The molecule has 1 saturated carbocycles. The molecule has 0 bridgehead atoms. The van der Waals surface area contributed by atoms with E-state index >= 15 is 0 Å². The first-order chi connectivity index (χ1) is 7.96. The summed E-state index contributed by atoms with van der Waals surface area (Å²) in [6, 6.07) is 0.697. The zero-order valence-corrected chi connectivity index (χ0v) is 11.1. The van der Waals surface area contributed by atoms with Gasteiger partial charge in [0.2, 0.25) is 0 Å². The molecule has 1 aliphatic carbocycles. The third kappa shape index (κ3) is 3.87. The Kier molecular flexibility index (Phi) is 3.61. The number of hydrogen-bond acceptors (Lipinski definition) is 3. The number of rotatable bonds is 2. The van der Waals surface area contributed by atoms with E-state index in [-0.39, 0.29) is 12.1 Å². The third-order valence-electron chi connectivity index (χ3n) is 3.34. The molecule has 0 aromatic rings. The average Bonchev–Trinajstić information content (AvgIpc) is 2.98. The minimum absolute atomic E-state index is 0.242. The maximum Gasteiger partial charge on any atom is 0.407 e. The van der Waals surface area contributed by atoms with E-state index in [2.05, 4.69) is 10.6 Å². The summed E-state index contributed by atoms with van der Waals surface area (Å²) in [5.74, 6) is 0.759. The quantitative estimate of drug-likeness (QED) is 0.776. The monoisotopic (exact) mass is 240 g/mol. The molecule has 2 fully saturated rings. The van der Waals surface area contributed by atoms with Gasteiger partial charge in [0.15, 0.2) is 0 Å². The summed E-state index contributed by atoms with van der Waals surface area (Å²) in [7, 11) is 0. The highest BCUT2D eigenvalue weighted by Gasteiger charge is 2.38. The van der Waals surface area contributed by atoms with Crippen molar-refractivity contribution in [2.45, 2.75) is 64.1 Å². The van der Waals surface area contributed by atoms with Gasteiger partial charge in [0, 0.05) is 12.1 Å². The zero-order valence-electron chi connectivity index (χ0n) is 11.1. The van der Waals surface area contributed by atoms with Gasteiger partial charge in [-0.05, 0) is 58.9 Å². The fourth-order valence-corrected chi connectivity index (χ4v) is 2.48. The van der Waals surface area contributed by atoms with Crippen LogP contribution in [0.2, 0.25) is 0 Å². The molecule has 2 aliphatic rings. The molecule has 0 radical (unpaired) electrons. The van der Waals surface area contributed by atoms with E-state index in [1.54, 1.807) is 0 Å². The number of alkyl carbamates (subject to hydrolysis) is 1. The lowest BCUT2D eigenvalue weighted by atomic mass is 9.95. The molecular weight excluding hydrogens is 216 g/mol. The number of piperidine rings is 1. The molecule has 0 aromatic heterocycles. The van der Waals surface area contributed by atoms with Gasteiger partial charge in [-0.1, -0.05) is 0 Å². The first-order valence-electron chi connectivity index (χ1n) is 6.68. The van der Waals surface area contributed by atoms with E-state index in [9.17, 15) is 4.79 Å². The summed E-state index contributed by atoms with van der Waals surface area (Å²) in [6.45, 7) is 6.76. The van der Waals surface area contributed by atoms with Crippen molar-refractivity contribution < 1.29 is 9.53 Å². The highest BCUT2D eigenvalue weighted by atomic mass is 16.6. The Labute approximate surface area is 103 Å². The molecule has 0 spiro atoms. The molecule has 4 heteroatoms. The van der Waals surface area contributed by atoms with Gasteiger partial charge in [0.1, 0.15) is 5.60 Å². The smallest absolute Gasteiger partial charge is 0.407 e. The lowest BCUT2D eigenvalue weighted by molar-refractivity contribution is 0.0477. The van der Waals surface area contributed by atoms with E-state index in [1.165, 1.54) is 12.8 Å². The molecule has 4 nitrogen and oxygen atoms in total. The van der Waals surface area contributed by atoms with Crippen LogP contribution in [0.3, 0.4) is 0 Å². The molecular formula is C13H24N2O2. The van der Waals surface area contributed by atoms with Gasteiger partial charge in [0.05, 0.1) is 0 Å². The highest BCUT2D eigenvalue weighted by Crippen LogP contribution is 2.36. The van der Waals surface area contributed by atoms with Crippen LogP contribution in [0.4, 0.5) is 4.79 Å². The minimum Gasteiger partial charge on any atom is -0.444 e. The molecule has 2 rings (SSSR count). The van der Waals surface area contributed by atoms with Crippen molar-refractivity contribution in [2.75, 3.05) is 6.54 Å². The largest absolute Gasteiger partial charge is 0.444 e. The normalized spacial score (nSPS) is 29.8. The molecule has 0 aromatic carbocycles. The van der Waals surface area contributed by atoms with Crippen molar-refractivity contribution in [3.63, 3.8) is 0 Å². The van der Waals surface area contributed by atoms with Crippen molar-refractivity contribution >= 4 is 6.09 Å². The molecule has 1 amide bonds. The number of nitrogens with one attached hydrogen (secondary N) is 2. The maximum atomic E-state index is 11.8. The van der Waals surface area contributed by atoms with Gasteiger partial charge in [-0.3, -0.25) is 0 Å². The Bertz CT molecular complexity index is 282. The van der Waals surface area contributed by atoms with Gasteiger partial charge in [0.25, 0.3) is 0 Å². The molecule has 17 heavy (non-hydrogen) atoms. The molecule has 1 saturated heterocycles. The number of hydrogen-bond donors (Lipinski definition) is 2. The maximum absolute atomic E-state index is 11.8. The van der Waals surface area contributed by atoms with Gasteiger partial charge in [-0.2, -0.15) is 0 Å². The second kappa shape index (κ2) is 4.84. The van der Waals surface area contributed by atoms with Crippen molar-refractivity contribution in [1.29, 1.82) is 0 Å². The van der Waals surface area contributed by atoms with Crippen LogP contribution in [0.5, 0.6) is 0 Å². The molecule has 0 unspecified atom stereocenters. The first kappa shape index (κ1) is 12.7. The fourth-order valence-electron chi connectivity index (χ4n) is 2.48. The van der Waals surface area contributed by atoms with Crippen LogP contribution in [0.25, 0.3) is 0 Å². The zero-order chi connectivity index (χ0) is 12.5. The first-order valence-corrected chi connectivity index (χ1v) is 6.68. The van der Waals surface area contributed by atoms with Crippen molar-refractivity contribution in [3.05, 3.63) is 0 Å². The predicted molar refractivity (Wildman–Crippen MR) is 66.9 cm³/mol. The molecule has 1 aliphatic heterocycles. The van der Waals surface area contributed by atoms with E-state index in [1.807, 2.05) is 20.8 Å². The summed E-state index contributed by atoms with van der Waals surface area (Å²) in [5, 5.41) is 6.55. The van der Waals surface area contributed by atoms with E-state index in [0.717, 1.165) is 25.3 Å². The number of amides is 1. The summed E-state index contributed by atoms with van der Waals surface area (Å²) < 4.78 is 5.31. The summed E-state index contributed by atoms with van der Waals surface area (Å²) in [5.41, 5.74) is -0.415. The Hall–Kier alpha value is -0.770. The Balaban J connectivity index is 1.85. The van der Waals surface area contributed by atoms with Gasteiger partial charge in [-0.25, -0.2) is 4.79 Å². The molecule has 1 heterocycles. The third-order valence-corrected chi connectivity index (χ3v) is 3.34. The number of carbonyl (C=O) groups is 1. The fraction of sp³-hybridized carbons (Fsp3) is 0.923. The van der Waals surface area contributed by atoms with Crippen LogP contribution in [-0.4, -0.2) is 30.3 Å². The van der Waals surface area contributed by atoms with E-state index < -0.39 is 5.60 Å². The SMILES string of the molecule is CC(C)(C)OC(=O)N[C@@H]1CCCN[C@H]1C1CC1. The van der Waals surface area contributed by atoms with Crippen LogP contribution < -0.4 is 10.6 Å². The van der Waals surface area contributed by atoms with E-state index in [0.29, 0.717) is 6.04 Å².